The van der Waals surface area contributed by atoms with Crippen LogP contribution in [0.25, 0.3) is 0 Å². The number of halogens is 5. The molecule has 0 N–H and O–H groups in total. The first kappa shape index (κ1) is 27.4. The summed E-state index contributed by atoms with van der Waals surface area (Å²) in [5.74, 6) is 1.52. The predicted molar refractivity (Wildman–Crippen MR) is 130 cm³/mol. The minimum absolute atomic E-state index is 0.602. The average molecular weight is 854 g/mol. The van der Waals surface area contributed by atoms with Crippen LogP contribution in [0.2, 0.25) is 0 Å². The van der Waals surface area contributed by atoms with E-state index in [4.69, 9.17) is 9.47 Å². The first-order valence-corrected chi connectivity index (χ1v) is 12.2. The Morgan fingerprint density at radius 3 is 2.00 bits per heavy atom. The zero-order valence-corrected chi connectivity index (χ0v) is 24.1. The molecular weight excluding hydrogens is 832 g/mol. The number of hydrogen-bond acceptors (Lipinski definition) is 3. The predicted octanol–water partition coefficient (Wildman–Crippen LogP) is 6.18. The van der Waals surface area contributed by atoms with Gasteiger partial charge in [0.15, 0.2) is 0 Å². The van der Waals surface area contributed by atoms with E-state index in [0.717, 1.165) is 35.7 Å². The van der Waals surface area contributed by atoms with E-state index in [-0.39, 0.29) is 0 Å². The van der Waals surface area contributed by atoms with E-state index in [1.54, 1.807) is 14.2 Å². The number of aryl methyl sites for hydroxylation is 1. The number of methoxy groups -OCH3 is 2. The van der Waals surface area contributed by atoms with Crippen molar-refractivity contribution in [1.82, 2.24) is 10.5 Å². The smallest absolute Gasteiger partial charge is 0.184 e. The fourth-order valence-corrected chi connectivity index (χ4v) is 4.03. The van der Waals surface area contributed by atoms with E-state index in [1.165, 1.54) is 21.5 Å². The second-order valence-corrected chi connectivity index (χ2v) is 11.8. The summed E-state index contributed by atoms with van der Waals surface area (Å²) in [6, 6.07) is 11.2. The summed E-state index contributed by atoms with van der Waals surface area (Å²) in [5, 5.41) is 0. The van der Waals surface area contributed by atoms with Gasteiger partial charge in [-0.2, -0.15) is 14.5 Å². The summed E-state index contributed by atoms with van der Waals surface area (Å²) in [5.41, 5.74) is 1.44. The summed E-state index contributed by atoms with van der Waals surface area (Å²) in [6.45, 7) is 1.44. The number of alkyl halides is 3. The molecule has 2 aromatic carbocycles. The maximum Gasteiger partial charge on any atom is 0.416 e. The van der Waals surface area contributed by atoms with Crippen molar-refractivity contribution in [3.8, 4) is 11.5 Å². The number of ether oxygens (including phenoxy) is 2. The Labute approximate surface area is 223 Å². The van der Waals surface area contributed by atoms with Crippen molar-refractivity contribution in [2.75, 3.05) is 14.2 Å². The molecule has 3 aromatic rings. The molecule has 1 heterocycles. The topological polar surface area (TPSA) is 31.6 Å². The number of rotatable bonds is 6. The molecule has 0 unspecified atom stereocenters. The van der Waals surface area contributed by atoms with Gasteiger partial charge in [-0.1, -0.05) is 12.1 Å². The monoisotopic (exact) mass is 854 g/mol. The van der Waals surface area contributed by atoms with Gasteiger partial charge in [0.2, 0.25) is 0 Å². The van der Waals surface area contributed by atoms with Crippen molar-refractivity contribution in [1.29, 1.82) is 0 Å². The quantitative estimate of drug-likeness (QED) is 0.220. The van der Waals surface area contributed by atoms with Crippen LogP contribution < -0.4 is 9.47 Å². The molecule has 0 radical (unpaired) electrons. The molecule has 3 rings (SSSR count). The second kappa shape index (κ2) is 12.6. The maximum absolute atomic E-state index is 12.2. The molecule has 0 saturated carbocycles. The van der Waals surface area contributed by atoms with Crippen molar-refractivity contribution >= 4 is 45.7 Å². The number of aromatic nitrogens is 2. The van der Waals surface area contributed by atoms with E-state index >= 15 is 0 Å². The molecule has 0 aliphatic rings. The molecule has 0 atom stereocenters. The van der Waals surface area contributed by atoms with Crippen LogP contribution in [0, 0.1) is 3.80 Å². The Morgan fingerprint density at radius 1 is 0.938 bits per heavy atom. The Kier molecular flexibility index (Phi) is 10.8. The van der Waals surface area contributed by atoms with Gasteiger partial charge < -0.3 is 0 Å². The Bertz CT molecular complexity index is 1070. The minimum atomic E-state index is -4.24. The standard InChI is InChI=1S/C13H16N2O2.C8H6F3I2N.Pt/c1-14-6-7-15(10-14)9-11-4-5-12(16-2)13(8-11)17-3;9-8(10,11)7-3-1-6(2-4-7)5-14(12)13;/h4-8H,9H2,1-3H3;1-4H,5H2;. The van der Waals surface area contributed by atoms with Crippen LogP contribution >= 0.6 is 45.7 Å². The first-order chi connectivity index (χ1) is 15.0. The molecule has 1 aromatic heterocycles. The van der Waals surface area contributed by atoms with Gasteiger partial charge in [0.25, 0.3) is 0 Å². The van der Waals surface area contributed by atoms with Crippen LogP contribution in [0.5, 0.6) is 11.5 Å². The van der Waals surface area contributed by atoms with Gasteiger partial charge in [0.1, 0.15) is 0 Å². The molecule has 0 fully saturated rings. The second-order valence-electron chi connectivity index (χ2n) is 6.62. The van der Waals surface area contributed by atoms with Crippen molar-refractivity contribution in [2.45, 2.75) is 19.3 Å². The Hall–Kier alpha value is -0.852. The van der Waals surface area contributed by atoms with Crippen molar-refractivity contribution in [3.05, 3.63) is 75.4 Å². The minimum Gasteiger partial charge on any atom is -0.184 e. The summed E-state index contributed by atoms with van der Waals surface area (Å²) >= 11 is 6.45. The first-order valence-electron chi connectivity index (χ1n) is 9.18. The summed E-state index contributed by atoms with van der Waals surface area (Å²) < 4.78 is 54.3. The zero-order chi connectivity index (χ0) is 23.9. The molecule has 32 heavy (non-hydrogen) atoms. The van der Waals surface area contributed by atoms with Gasteiger partial charge in [0.05, 0.1) is 5.56 Å². The van der Waals surface area contributed by atoms with E-state index < -0.39 is 11.7 Å². The third-order valence-electron chi connectivity index (χ3n) is 4.34. The number of imidazole rings is 1. The van der Waals surface area contributed by atoms with Crippen LogP contribution in [0.3, 0.4) is 0 Å². The number of benzene rings is 2. The van der Waals surface area contributed by atoms with E-state index in [2.05, 4.69) is 86.5 Å². The molecule has 0 amide bonds. The fraction of sp³-hybridized carbons (Fsp3) is 0.286. The van der Waals surface area contributed by atoms with Crippen LogP contribution in [0.4, 0.5) is 13.2 Å². The van der Waals surface area contributed by atoms with Crippen LogP contribution in [-0.2, 0) is 45.7 Å². The SMILES string of the molecule is COc1ccc(Cn2ccn(C)[c]2=[Pt])cc1OC.FC(F)(F)c1ccc(CN(I)I)cc1. The van der Waals surface area contributed by atoms with Crippen molar-refractivity contribution in [3.63, 3.8) is 0 Å². The largest absolute Gasteiger partial charge is 0.416 e. The zero-order valence-electron chi connectivity index (χ0n) is 17.5. The van der Waals surface area contributed by atoms with Gasteiger partial charge in [0, 0.05) is 52.3 Å². The van der Waals surface area contributed by atoms with Crippen LogP contribution in [0.1, 0.15) is 16.7 Å². The molecular formula is C21H22F3I2N3O2Pt. The fourth-order valence-electron chi connectivity index (χ4n) is 2.72. The maximum atomic E-state index is 12.2. The molecule has 0 bridgehead atoms. The van der Waals surface area contributed by atoms with E-state index in [1.807, 2.05) is 26.7 Å². The molecule has 0 spiro atoms. The Morgan fingerprint density at radius 2 is 1.53 bits per heavy atom. The molecule has 178 valence electrons. The summed E-state index contributed by atoms with van der Waals surface area (Å²) in [6.07, 6.45) is -0.130. The van der Waals surface area contributed by atoms with Crippen molar-refractivity contribution < 1.29 is 42.0 Å². The average Bonchev–Trinajstić information content (AvgIpc) is 3.05. The number of hydrogen-bond donors (Lipinski definition) is 0. The van der Waals surface area contributed by atoms with Crippen molar-refractivity contribution in [2.24, 2.45) is 7.05 Å². The van der Waals surface area contributed by atoms with E-state index in [0.29, 0.717) is 6.54 Å². The summed E-state index contributed by atoms with van der Waals surface area (Å²) in [7, 11) is 5.33. The molecule has 0 aliphatic carbocycles. The van der Waals surface area contributed by atoms with Gasteiger partial charge in [-0.25, -0.2) is 0 Å². The molecule has 0 saturated heterocycles. The van der Waals surface area contributed by atoms with Crippen LogP contribution in [0.15, 0.2) is 54.9 Å². The normalized spacial score (nSPS) is 11.2. The van der Waals surface area contributed by atoms with Gasteiger partial charge in [-0.15, -0.1) is 0 Å². The number of nitrogens with zero attached hydrogens (tertiary/aromatic N) is 3. The van der Waals surface area contributed by atoms with Gasteiger partial charge in [-0.05, 0) is 17.7 Å². The van der Waals surface area contributed by atoms with Crippen LogP contribution in [-0.4, -0.2) is 24.7 Å². The molecule has 11 heteroatoms. The summed E-state index contributed by atoms with van der Waals surface area (Å²) in [4.78, 5) is 0. The molecule has 5 nitrogen and oxygen atoms in total. The van der Waals surface area contributed by atoms with Gasteiger partial charge in [-0.3, -0.25) is 0 Å². The van der Waals surface area contributed by atoms with E-state index in [9.17, 15) is 13.2 Å². The Balaban J connectivity index is 0.000000235. The third-order valence-corrected chi connectivity index (χ3v) is 6.48. The molecule has 0 aliphatic heterocycles. The van der Waals surface area contributed by atoms with Gasteiger partial charge >= 0.3 is 123 Å². The third kappa shape index (κ3) is 8.18.